The summed E-state index contributed by atoms with van der Waals surface area (Å²) in [7, 11) is 0. The van der Waals surface area contributed by atoms with Crippen molar-refractivity contribution >= 4 is 0 Å². The molecule has 1 aromatic carbocycles. The van der Waals surface area contributed by atoms with Crippen molar-refractivity contribution in [2.45, 2.75) is 18.4 Å². The van der Waals surface area contributed by atoms with Crippen LogP contribution in [0.2, 0.25) is 0 Å². The van der Waals surface area contributed by atoms with Crippen molar-refractivity contribution in [2.24, 2.45) is 5.73 Å². The molecule has 2 atom stereocenters. The average molecular weight is 261 g/mol. The van der Waals surface area contributed by atoms with E-state index < -0.39 is 6.10 Å². The summed E-state index contributed by atoms with van der Waals surface area (Å²) in [4.78, 5) is 4.24. The first kappa shape index (κ1) is 12.1. The number of benzene rings is 1. The lowest BCUT2D eigenvalue weighted by atomic mass is 9.92. The fraction of sp³-hybridized carbons (Fsp3) is 0.385. The standard InChI is InChI=1S/C13H15N3O3/c14-7-10(17)13-15-12(16-19-13)9-5-6-18-11-4-2-1-3-8(9)11/h1-4,9-10,17H,5-7,14H2. The number of hydrogen-bond acceptors (Lipinski definition) is 6. The maximum Gasteiger partial charge on any atom is 0.256 e. The van der Waals surface area contributed by atoms with E-state index in [1.54, 1.807) is 0 Å². The van der Waals surface area contributed by atoms with Gasteiger partial charge in [0.15, 0.2) is 5.82 Å². The third kappa shape index (κ3) is 2.20. The van der Waals surface area contributed by atoms with E-state index in [1.807, 2.05) is 24.3 Å². The molecule has 6 heteroatoms. The quantitative estimate of drug-likeness (QED) is 0.855. The summed E-state index contributed by atoms with van der Waals surface area (Å²) in [6, 6.07) is 7.81. The fourth-order valence-electron chi connectivity index (χ4n) is 2.24. The van der Waals surface area contributed by atoms with Crippen molar-refractivity contribution in [1.82, 2.24) is 10.1 Å². The van der Waals surface area contributed by atoms with Crippen molar-refractivity contribution in [3.05, 3.63) is 41.5 Å². The van der Waals surface area contributed by atoms with E-state index in [9.17, 15) is 5.11 Å². The molecule has 0 amide bonds. The van der Waals surface area contributed by atoms with Gasteiger partial charge in [0, 0.05) is 12.1 Å². The van der Waals surface area contributed by atoms with Gasteiger partial charge < -0.3 is 20.1 Å². The van der Waals surface area contributed by atoms with Crippen LogP contribution in [0.25, 0.3) is 0 Å². The summed E-state index contributed by atoms with van der Waals surface area (Å²) in [5.41, 5.74) is 6.42. The third-order valence-electron chi connectivity index (χ3n) is 3.24. The Morgan fingerprint density at radius 3 is 3.11 bits per heavy atom. The number of hydrogen-bond donors (Lipinski definition) is 2. The molecule has 19 heavy (non-hydrogen) atoms. The topological polar surface area (TPSA) is 94.4 Å². The lowest BCUT2D eigenvalue weighted by molar-refractivity contribution is 0.141. The van der Waals surface area contributed by atoms with Gasteiger partial charge in [0.25, 0.3) is 5.89 Å². The largest absolute Gasteiger partial charge is 0.493 e. The summed E-state index contributed by atoms with van der Waals surface area (Å²) in [5, 5.41) is 13.5. The molecule has 0 bridgehead atoms. The van der Waals surface area contributed by atoms with E-state index in [-0.39, 0.29) is 18.4 Å². The number of aromatic nitrogens is 2. The number of nitrogens with two attached hydrogens (primary N) is 1. The zero-order valence-corrected chi connectivity index (χ0v) is 10.3. The molecule has 3 rings (SSSR count). The van der Waals surface area contributed by atoms with E-state index >= 15 is 0 Å². The van der Waals surface area contributed by atoms with E-state index in [1.165, 1.54) is 0 Å². The van der Waals surface area contributed by atoms with Crippen LogP contribution in [0.4, 0.5) is 0 Å². The molecule has 0 saturated heterocycles. The second-order valence-corrected chi connectivity index (χ2v) is 4.47. The van der Waals surface area contributed by atoms with Crippen LogP contribution in [-0.2, 0) is 0 Å². The molecule has 0 aliphatic carbocycles. The minimum Gasteiger partial charge on any atom is -0.493 e. The minimum absolute atomic E-state index is 0.0347. The van der Waals surface area contributed by atoms with Gasteiger partial charge in [0.1, 0.15) is 11.9 Å². The Morgan fingerprint density at radius 1 is 1.42 bits per heavy atom. The Hall–Kier alpha value is -1.92. The Bertz CT molecular complexity index is 570. The summed E-state index contributed by atoms with van der Waals surface area (Å²) >= 11 is 0. The average Bonchev–Trinajstić information content (AvgIpc) is 2.95. The molecule has 100 valence electrons. The molecule has 0 radical (unpaired) electrons. The van der Waals surface area contributed by atoms with Gasteiger partial charge in [-0.25, -0.2) is 0 Å². The Labute approximate surface area is 110 Å². The summed E-state index contributed by atoms with van der Waals surface area (Å²) < 4.78 is 10.6. The second-order valence-electron chi connectivity index (χ2n) is 4.47. The minimum atomic E-state index is -0.906. The zero-order chi connectivity index (χ0) is 13.2. The van der Waals surface area contributed by atoms with Crippen molar-refractivity contribution in [2.75, 3.05) is 13.2 Å². The predicted molar refractivity (Wildman–Crippen MR) is 66.7 cm³/mol. The molecular weight excluding hydrogens is 246 g/mol. The molecule has 3 N–H and O–H groups in total. The molecule has 1 aromatic heterocycles. The summed E-state index contributed by atoms with van der Waals surface area (Å²) in [6.07, 6.45) is -0.120. The van der Waals surface area contributed by atoms with Crippen molar-refractivity contribution in [3.8, 4) is 5.75 Å². The van der Waals surface area contributed by atoms with E-state index in [4.69, 9.17) is 15.0 Å². The van der Waals surface area contributed by atoms with E-state index in [2.05, 4.69) is 10.1 Å². The van der Waals surface area contributed by atoms with Crippen LogP contribution in [0.5, 0.6) is 5.75 Å². The highest BCUT2D eigenvalue weighted by atomic mass is 16.5. The van der Waals surface area contributed by atoms with Crippen LogP contribution in [-0.4, -0.2) is 28.4 Å². The molecule has 2 heterocycles. The zero-order valence-electron chi connectivity index (χ0n) is 10.3. The van der Waals surface area contributed by atoms with Crippen molar-refractivity contribution in [3.63, 3.8) is 0 Å². The Kier molecular flexibility index (Phi) is 3.18. The first-order valence-electron chi connectivity index (χ1n) is 6.23. The van der Waals surface area contributed by atoms with Crippen LogP contribution in [0.3, 0.4) is 0 Å². The van der Waals surface area contributed by atoms with Gasteiger partial charge >= 0.3 is 0 Å². The van der Waals surface area contributed by atoms with Gasteiger partial charge in [0.2, 0.25) is 0 Å². The van der Waals surface area contributed by atoms with E-state index in [0.717, 1.165) is 17.7 Å². The highest BCUT2D eigenvalue weighted by Crippen LogP contribution is 2.36. The monoisotopic (exact) mass is 261 g/mol. The number of para-hydroxylation sites is 1. The third-order valence-corrected chi connectivity index (χ3v) is 3.24. The van der Waals surface area contributed by atoms with Gasteiger partial charge in [-0.3, -0.25) is 0 Å². The summed E-state index contributed by atoms with van der Waals surface area (Å²) in [6.45, 7) is 0.678. The van der Waals surface area contributed by atoms with Gasteiger partial charge in [-0.05, 0) is 12.5 Å². The molecular formula is C13H15N3O3. The predicted octanol–water partition coefficient (Wildman–Crippen LogP) is 0.976. The molecule has 2 aromatic rings. The highest BCUT2D eigenvalue weighted by molar-refractivity contribution is 5.40. The van der Waals surface area contributed by atoms with Crippen LogP contribution < -0.4 is 10.5 Å². The number of fused-ring (bicyclic) bond motifs is 1. The Morgan fingerprint density at radius 2 is 2.26 bits per heavy atom. The number of ether oxygens (including phenoxy) is 1. The maximum atomic E-state index is 9.59. The van der Waals surface area contributed by atoms with E-state index in [0.29, 0.717) is 12.4 Å². The number of aliphatic hydroxyl groups excluding tert-OH is 1. The van der Waals surface area contributed by atoms with Crippen LogP contribution in [0, 0.1) is 0 Å². The van der Waals surface area contributed by atoms with Gasteiger partial charge in [-0.2, -0.15) is 4.98 Å². The first-order valence-corrected chi connectivity index (χ1v) is 6.23. The number of nitrogens with zero attached hydrogens (tertiary/aromatic N) is 2. The van der Waals surface area contributed by atoms with Gasteiger partial charge in [-0.15, -0.1) is 0 Å². The van der Waals surface area contributed by atoms with Crippen molar-refractivity contribution in [1.29, 1.82) is 0 Å². The molecule has 1 aliphatic heterocycles. The fourth-order valence-corrected chi connectivity index (χ4v) is 2.24. The van der Waals surface area contributed by atoms with Crippen LogP contribution >= 0.6 is 0 Å². The lowest BCUT2D eigenvalue weighted by Crippen LogP contribution is -2.16. The van der Waals surface area contributed by atoms with Gasteiger partial charge in [-0.1, -0.05) is 23.4 Å². The summed E-state index contributed by atoms with van der Waals surface area (Å²) in [5.74, 6) is 1.62. The first-order chi connectivity index (χ1) is 9.29. The SMILES string of the molecule is NCC(O)c1nc(C2CCOc3ccccc32)no1. The molecule has 6 nitrogen and oxygen atoms in total. The van der Waals surface area contributed by atoms with Crippen LogP contribution in [0.15, 0.2) is 28.8 Å². The highest BCUT2D eigenvalue weighted by Gasteiger charge is 2.27. The molecule has 0 fully saturated rings. The maximum absolute atomic E-state index is 9.59. The molecule has 0 spiro atoms. The lowest BCUT2D eigenvalue weighted by Gasteiger charge is -2.23. The number of rotatable bonds is 3. The normalized spacial score (nSPS) is 19.6. The van der Waals surface area contributed by atoms with Crippen LogP contribution in [0.1, 0.15) is 35.7 Å². The molecule has 2 unspecified atom stereocenters. The second kappa shape index (κ2) is 4.99. The molecule has 1 aliphatic rings. The Balaban J connectivity index is 1.93. The van der Waals surface area contributed by atoms with Crippen molar-refractivity contribution < 1.29 is 14.4 Å². The van der Waals surface area contributed by atoms with Gasteiger partial charge in [0.05, 0.1) is 12.5 Å². The molecule has 0 saturated carbocycles. The number of aliphatic hydroxyl groups is 1. The smallest absolute Gasteiger partial charge is 0.256 e.